The van der Waals surface area contributed by atoms with E-state index in [2.05, 4.69) is 32.6 Å². The Balaban J connectivity index is 1.50. The summed E-state index contributed by atoms with van der Waals surface area (Å²) in [6.07, 6.45) is 1.49. The maximum absolute atomic E-state index is 12.1. The van der Waals surface area contributed by atoms with Gasteiger partial charge in [0.2, 0.25) is 5.95 Å². The monoisotopic (exact) mass is 286 g/mol. The molecule has 0 radical (unpaired) electrons. The molecule has 0 saturated heterocycles. The summed E-state index contributed by atoms with van der Waals surface area (Å²) >= 11 is 0. The fourth-order valence-corrected chi connectivity index (χ4v) is 2.49. The number of carbonyl (C=O) groups is 1. The van der Waals surface area contributed by atoms with Gasteiger partial charge in [0.15, 0.2) is 0 Å². The number of fused-ring (bicyclic) bond motifs is 1. The van der Waals surface area contributed by atoms with E-state index in [1.54, 1.807) is 0 Å². The number of urea groups is 1. The van der Waals surface area contributed by atoms with Crippen molar-refractivity contribution in [2.24, 2.45) is 0 Å². The average Bonchev–Trinajstić information content (AvgIpc) is 2.92. The zero-order chi connectivity index (χ0) is 14.7. The SMILES string of the molecule is Nc1n[nH]c(CCNC(=O)N2CCc3ccccc3C2)n1. The fraction of sp³-hybridized carbons (Fsp3) is 0.357. The molecule has 3 rings (SSSR count). The number of carbonyl (C=O) groups excluding carboxylic acids is 1. The van der Waals surface area contributed by atoms with Gasteiger partial charge in [0.25, 0.3) is 0 Å². The molecule has 1 aliphatic rings. The zero-order valence-electron chi connectivity index (χ0n) is 11.7. The molecule has 1 aromatic heterocycles. The van der Waals surface area contributed by atoms with E-state index in [0.29, 0.717) is 25.3 Å². The van der Waals surface area contributed by atoms with Gasteiger partial charge in [0.1, 0.15) is 5.82 Å². The number of nitrogen functional groups attached to an aromatic ring is 1. The first-order valence-corrected chi connectivity index (χ1v) is 6.98. The number of nitrogens with zero attached hydrogens (tertiary/aromatic N) is 3. The molecule has 0 saturated carbocycles. The van der Waals surface area contributed by atoms with Crippen molar-refractivity contribution in [1.29, 1.82) is 0 Å². The number of benzene rings is 1. The largest absolute Gasteiger partial charge is 0.367 e. The van der Waals surface area contributed by atoms with Gasteiger partial charge in [-0.1, -0.05) is 24.3 Å². The molecule has 7 nitrogen and oxygen atoms in total. The number of H-pyrrole nitrogens is 1. The lowest BCUT2D eigenvalue weighted by Crippen LogP contribution is -2.43. The molecule has 7 heteroatoms. The molecule has 0 fully saturated rings. The number of aromatic nitrogens is 3. The summed E-state index contributed by atoms with van der Waals surface area (Å²) in [5, 5.41) is 9.37. The van der Waals surface area contributed by atoms with Crippen molar-refractivity contribution < 1.29 is 4.79 Å². The second-order valence-electron chi connectivity index (χ2n) is 5.06. The van der Waals surface area contributed by atoms with E-state index >= 15 is 0 Å². The van der Waals surface area contributed by atoms with Gasteiger partial charge in [-0.2, -0.15) is 4.98 Å². The number of hydrogen-bond donors (Lipinski definition) is 3. The summed E-state index contributed by atoms with van der Waals surface area (Å²) in [5.41, 5.74) is 7.98. The number of hydrogen-bond acceptors (Lipinski definition) is 4. The average molecular weight is 286 g/mol. The van der Waals surface area contributed by atoms with Gasteiger partial charge < -0.3 is 16.0 Å². The lowest BCUT2D eigenvalue weighted by atomic mass is 10.0. The fourth-order valence-electron chi connectivity index (χ4n) is 2.49. The van der Waals surface area contributed by atoms with Crippen LogP contribution in [0.15, 0.2) is 24.3 Å². The normalized spacial score (nSPS) is 13.8. The molecular weight excluding hydrogens is 268 g/mol. The van der Waals surface area contributed by atoms with Crippen molar-refractivity contribution in [3.8, 4) is 0 Å². The number of amides is 2. The highest BCUT2D eigenvalue weighted by molar-refractivity contribution is 5.74. The van der Waals surface area contributed by atoms with Gasteiger partial charge in [0, 0.05) is 26.1 Å². The zero-order valence-corrected chi connectivity index (χ0v) is 11.7. The van der Waals surface area contributed by atoms with Gasteiger partial charge in [-0.05, 0) is 17.5 Å². The van der Waals surface area contributed by atoms with Crippen LogP contribution in [-0.2, 0) is 19.4 Å². The molecule has 1 aliphatic heterocycles. The van der Waals surface area contributed by atoms with E-state index in [0.717, 1.165) is 13.0 Å². The molecule has 1 aromatic carbocycles. The van der Waals surface area contributed by atoms with Crippen LogP contribution in [0.4, 0.5) is 10.7 Å². The van der Waals surface area contributed by atoms with Crippen LogP contribution in [0.25, 0.3) is 0 Å². The van der Waals surface area contributed by atoms with Gasteiger partial charge in [-0.15, -0.1) is 5.10 Å². The summed E-state index contributed by atoms with van der Waals surface area (Å²) in [4.78, 5) is 18.0. The third kappa shape index (κ3) is 3.13. The standard InChI is InChI=1S/C14H18N6O/c15-13-17-12(18-19-13)5-7-16-14(21)20-8-6-10-3-1-2-4-11(10)9-20/h1-4H,5-9H2,(H,16,21)(H3,15,17,18,19). The predicted molar refractivity (Wildman–Crippen MR) is 78.5 cm³/mol. The van der Waals surface area contributed by atoms with Crippen LogP contribution in [0.5, 0.6) is 0 Å². The third-order valence-electron chi connectivity index (χ3n) is 3.60. The molecule has 4 N–H and O–H groups in total. The van der Waals surface area contributed by atoms with Crippen molar-refractivity contribution in [2.45, 2.75) is 19.4 Å². The lowest BCUT2D eigenvalue weighted by Gasteiger charge is -2.28. The molecule has 2 heterocycles. The van der Waals surface area contributed by atoms with E-state index < -0.39 is 0 Å². The van der Waals surface area contributed by atoms with E-state index in [1.807, 2.05) is 17.0 Å². The van der Waals surface area contributed by atoms with Crippen LogP contribution in [0.2, 0.25) is 0 Å². The number of nitrogens with one attached hydrogen (secondary N) is 2. The number of nitrogens with two attached hydrogens (primary N) is 1. The maximum atomic E-state index is 12.1. The number of rotatable bonds is 3. The molecule has 0 aliphatic carbocycles. The van der Waals surface area contributed by atoms with Crippen LogP contribution in [0, 0.1) is 0 Å². The Morgan fingerprint density at radius 2 is 2.19 bits per heavy atom. The summed E-state index contributed by atoms with van der Waals surface area (Å²) in [6.45, 7) is 1.92. The first kappa shape index (κ1) is 13.4. The molecule has 0 unspecified atom stereocenters. The van der Waals surface area contributed by atoms with Crippen molar-refractivity contribution in [1.82, 2.24) is 25.4 Å². The van der Waals surface area contributed by atoms with Crippen LogP contribution < -0.4 is 11.1 Å². The summed E-state index contributed by atoms with van der Waals surface area (Å²) in [7, 11) is 0. The van der Waals surface area contributed by atoms with Gasteiger partial charge in [0.05, 0.1) is 0 Å². The topological polar surface area (TPSA) is 99.9 Å². The molecular formula is C14H18N6O. The van der Waals surface area contributed by atoms with Crippen molar-refractivity contribution in [2.75, 3.05) is 18.8 Å². The maximum Gasteiger partial charge on any atom is 0.317 e. The molecule has 110 valence electrons. The van der Waals surface area contributed by atoms with Gasteiger partial charge in [-0.3, -0.25) is 5.10 Å². The Morgan fingerprint density at radius 3 is 2.95 bits per heavy atom. The summed E-state index contributed by atoms with van der Waals surface area (Å²) < 4.78 is 0. The predicted octanol–water partition coefficient (Wildman–Crippen LogP) is 0.697. The highest BCUT2D eigenvalue weighted by atomic mass is 16.2. The third-order valence-corrected chi connectivity index (χ3v) is 3.60. The summed E-state index contributed by atoms with van der Waals surface area (Å²) in [6, 6.07) is 8.20. The highest BCUT2D eigenvalue weighted by Gasteiger charge is 2.19. The van der Waals surface area contributed by atoms with Gasteiger partial charge in [-0.25, -0.2) is 4.79 Å². The Bertz CT molecular complexity index is 638. The first-order chi connectivity index (χ1) is 10.2. The molecule has 2 aromatic rings. The minimum atomic E-state index is -0.0445. The van der Waals surface area contributed by atoms with Gasteiger partial charge >= 0.3 is 6.03 Å². The highest BCUT2D eigenvalue weighted by Crippen LogP contribution is 2.18. The van der Waals surface area contributed by atoms with Crippen LogP contribution in [-0.4, -0.2) is 39.2 Å². The lowest BCUT2D eigenvalue weighted by molar-refractivity contribution is 0.192. The minimum Gasteiger partial charge on any atom is -0.367 e. The Morgan fingerprint density at radius 1 is 1.38 bits per heavy atom. The molecule has 21 heavy (non-hydrogen) atoms. The van der Waals surface area contributed by atoms with Crippen molar-refractivity contribution in [3.63, 3.8) is 0 Å². The van der Waals surface area contributed by atoms with E-state index in [4.69, 9.17) is 5.73 Å². The smallest absolute Gasteiger partial charge is 0.317 e. The van der Waals surface area contributed by atoms with Crippen LogP contribution in [0.1, 0.15) is 17.0 Å². The summed E-state index contributed by atoms with van der Waals surface area (Å²) in [5.74, 6) is 0.903. The molecule has 0 spiro atoms. The number of anilines is 1. The van der Waals surface area contributed by atoms with Crippen LogP contribution >= 0.6 is 0 Å². The van der Waals surface area contributed by atoms with E-state index in [-0.39, 0.29) is 12.0 Å². The minimum absolute atomic E-state index is 0.0445. The first-order valence-electron chi connectivity index (χ1n) is 6.98. The second-order valence-corrected chi connectivity index (χ2v) is 5.06. The molecule has 0 atom stereocenters. The molecule has 0 bridgehead atoms. The Labute approximate surface area is 122 Å². The van der Waals surface area contributed by atoms with Crippen LogP contribution in [0.3, 0.4) is 0 Å². The second kappa shape index (κ2) is 5.82. The van der Waals surface area contributed by atoms with Crippen molar-refractivity contribution in [3.05, 3.63) is 41.2 Å². The number of aromatic amines is 1. The Hall–Kier alpha value is -2.57. The quantitative estimate of drug-likeness (QED) is 0.773. The van der Waals surface area contributed by atoms with E-state index in [9.17, 15) is 4.79 Å². The van der Waals surface area contributed by atoms with Crippen molar-refractivity contribution >= 4 is 12.0 Å². The molecule has 2 amide bonds. The Kier molecular flexibility index (Phi) is 3.72. The van der Waals surface area contributed by atoms with E-state index in [1.165, 1.54) is 11.1 Å².